The highest BCUT2D eigenvalue weighted by atomic mass is 15.0. The van der Waals surface area contributed by atoms with Crippen LogP contribution in [0.5, 0.6) is 0 Å². The van der Waals surface area contributed by atoms with Gasteiger partial charge >= 0.3 is 0 Å². The quantitative estimate of drug-likeness (QED) is 0.903. The van der Waals surface area contributed by atoms with Gasteiger partial charge in [0.25, 0.3) is 0 Å². The summed E-state index contributed by atoms with van der Waals surface area (Å²) in [7, 11) is 0. The van der Waals surface area contributed by atoms with Crippen molar-refractivity contribution in [3.63, 3.8) is 0 Å². The molecular weight excluding hydrogens is 246 g/mol. The highest BCUT2D eigenvalue weighted by Gasteiger charge is 2.15. The molecule has 0 aliphatic rings. The van der Waals surface area contributed by atoms with Crippen molar-refractivity contribution < 1.29 is 0 Å². The number of rotatable bonds is 5. The summed E-state index contributed by atoms with van der Waals surface area (Å²) in [5.41, 5.74) is 9.02. The van der Waals surface area contributed by atoms with Crippen LogP contribution >= 0.6 is 0 Å². The zero-order valence-corrected chi connectivity index (χ0v) is 12.7. The van der Waals surface area contributed by atoms with Gasteiger partial charge in [-0.3, -0.25) is 0 Å². The van der Waals surface area contributed by atoms with Crippen molar-refractivity contribution >= 4 is 0 Å². The number of nitrogens with two attached hydrogens (primary N) is 1. The molecule has 1 aromatic heterocycles. The molecule has 0 aliphatic carbocycles. The lowest BCUT2D eigenvalue weighted by atomic mass is 9.91. The molecular formula is C17H25N3. The third-order valence-electron chi connectivity index (χ3n) is 3.42. The molecule has 1 aromatic carbocycles. The molecule has 1 heterocycles. The minimum Gasteiger partial charge on any atom is -0.335 e. The number of aromatic nitrogens is 2. The highest BCUT2D eigenvalue weighted by molar-refractivity contribution is 5.18. The normalized spacial score (nSPS) is 13.4. The van der Waals surface area contributed by atoms with Crippen LogP contribution in [0.2, 0.25) is 0 Å². The van der Waals surface area contributed by atoms with Gasteiger partial charge in [0.1, 0.15) is 0 Å². The summed E-state index contributed by atoms with van der Waals surface area (Å²) in [6.45, 7) is 7.67. The van der Waals surface area contributed by atoms with Crippen LogP contribution in [0.25, 0.3) is 0 Å². The van der Waals surface area contributed by atoms with E-state index in [1.807, 2.05) is 30.7 Å². The summed E-state index contributed by atoms with van der Waals surface area (Å²) in [5, 5.41) is 0. The van der Waals surface area contributed by atoms with Crippen molar-refractivity contribution in [2.45, 2.75) is 46.2 Å². The van der Waals surface area contributed by atoms with Gasteiger partial charge in [0.15, 0.2) is 0 Å². The standard InChI is InChI=1S/C17H25N3/c1-17(2,3)11-15-12-19-13-20(15)10-9-16(18)14-7-5-4-6-8-14/h4-8,12-13,16H,9-11,18H2,1-3H3. The second kappa shape index (κ2) is 6.23. The van der Waals surface area contributed by atoms with E-state index in [-0.39, 0.29) is 11.5 Å². The number of hydrogen-bond donors (Lipinski definition) is 1. The summed E-state index contributed by atoms with van der Waals surface area (Å²) in [5.74, 6) is 0. The summed E-state index contributed by atoms with van der Waals surface area (Å²) in [6.07, 6.45) is 5.85. The van der Waals surface area contributed by atoms with Gasteiger partial charge in [0, 0.05) is 24.5 Å². The molecule has 20 heavy (non-hydrogen) atoms. The fourth-order valence-electron chi connectivity index (χ4n) is 2.39. The zero-order chi connectivity index (χ0) is 14.6. The van der Waals surface area contributed by atoms with E-state index < -0.39 is 0 Å². The van der Waals surface area contributed by atoms with Gasteiger partial charge in [-0.05, 0) is 23.8 Å². The van der Waals surface area contributed by atoms with Gasteiger partial charge in [-0.25, -0.2) is 4.98 Å². The molecule has 0 fully saturated rings. The zero-order valence-electron chi connectivity index (χ0n) is 12.7. The van der Waals surface area contributed by atoms with Gasteiger partial charge in [-0.1, -0.05) is 51.1 Å². The third-order valence-corrected chi connectivity index (χ3v) is 3.42. The molecule has 0 saturated heterocycles. The summed E-state index contributed by atoms with van der Waals surface area (Å²) < 4.78 is 2.23. The van der Waals surface area contributed by atoms with Crippen molar-refractivity contribution in [2.75, 3.05) is 0 Å². The molecule has 2 aromatic rings. The number of benzene rings is 1. The average Bonchev–Trinajstić information content (AvgIpc) is 2.82. The maximum absolute atomic E-state index is 6.26. The number of nitrogens with zero attached hydrogens (tertiary/aromatic N) is 2. The molecule has 0 aliphatic heterocycles. The predicted molar refractivity (Wildman–Crippen MR) is 83.4 cm³/mol. The molecule has 3 nitrogen and oxygen atoms in total. The number of imidazole rings is 1. The molecule has 3 heteroatoms. The first kappa shape index (κ1) is 14.8. The molecule has 2 rings (SSSR count). The lowest BCUT2D eigenvalue weighted by molar-refractivity contribution is 0.394. The van der Waals surface area contributed by atoms with Crippen LogP contribution in [-0.2, 0) is 13.0 Å². The van der Waals surface area contributed by atoms with Crippen molar-refractivity contribution in [3.8, 4) is 0 Å². The Morgan fingerprint density at radius 2 is 1.90 bits per heavy atom. The van der Waals surface area contributed by atoms with Crippen LogP contribution in [0, 0.1) is 5.41 Å². The van der Waals surface area contributed by atoms with Crippen LogP contribution in [0.15, 0.2) is 42.9 Å². The highest BCUT2D eigenvalue weighted by Crippen LogP contribution is 2.21. The van der Waals surface area contributed by atoms with E-state index in [0.717, 1.165) is 19.4 Å². The molecule has 2 N–H and O–H groups in total. The Kier molecular flexibility index (Phi) is 4.61. The summed E-state index contributed by atoms with van der Waals surface area (Å²) in [4.78, 5) is 4.28. The van der Waals surface area contributed by atoms with Gasteiger partial charge in [0.05, 0.1) is 6.33 Å². The Morgan fingerprint density at radius 1 is 1.20 bits per heavy atom. The second-order valence-corrected chi connectivity index (χ2v) is 6.62. The van der Waals surface area contributed by atoms with Gasteiger partial charge < -0.3 is 10.3 Å². The van der Waals surface area contributed by atoms with E-state index in [1.165, 1.54) is 11.3 Å². The first-order chi connectivity index (χ1) is 9.46. The molecule has 1 unspecified atom stereocenters. The van der Waals surface area contributed by atoms with Crippen LogP contribution in [0.3, 0.4) is 0 Å². The Balaban J connectivity index is 1.96. The maximum atomic E-state index is 6.26. The predicted octanol–water partition coefficient (Wildman–Crippen LogP) is 3.56. The lowest BCUT2D eigenvalue weighted by Gasteiger charge is -2.20. The van der Waals surface area contributed by atoms with Gasteiger partial charge in [-0.15, -0.1) is 0 Å². The topological polar surface area (TPSA) is 43.8 Å². The summed E-state index contributed by atoms with van der Waals surface area (Å²) >= 11 is 0. The fraction of sp³-hybridized carbons (Fsp3) is 0.471. The van der Waals surface area contributed by atoms with Crippen molar-refractivity contribution in [1.29, 1.82) is 0 Å². The molecule has 0 radical (unpaired) electrons. The van der Waals surface area contributed by atoms with Gasteiger partial charge in [-0.2, -0.15) is 0 Å². The molecule has 108 valence electrons. The summed E-state index contributed by atoms with van der Waals surface area (Å²) in [6, 6.07) is 10.4. The van der Waals surface area contributed by atoms with E-state index in [9.17, 15) is 0 Å². The van der Waals surface area contributed by atoms with Crippen molar-refractivity contribution in [1.82, 2.24) is 9.55 Å². The minimum absolute atomic E-state index is 0.0843. The molecule has 1 atom stereocenters. The van der Waals surface area contributed by atoms with E-state index in [0.29, 0.717) is 0 Å². The largest absolute Gasteiger partial charge is 0.335 e. The average molecular weight is 271 g/mol. The van der Waals surface area contributed by atoms with E-state index in [2.05, 4.69) is 42.5 Å². The molecule has 0 saturated carbocycles. The Hall–Kier alpha value is -1.61. The molecule has 0 amide bonds. The number of hydrogen-bond acceptors (Lipinski definition) is 2. The van der Waals surface area contributed by atoms with Crippen LogP contribution < -0.4 is 5.73 Å². The Labute approximate surface area is 121 Å². The lowest BCUT2D eigenvalue weighted by Crippen LogP contribution is -2.16. The number of aryl methyl sites for hydroxylation is 1. The fourth-order valence-corrected chi connectivity index (χ4v) is 2.39. The van der Waals surface area contributed by atoms with Crippen LogP contribution in [-0.4, -0.2) is 9.55 Å². The van der Waals surface area contributed by atoms with E-state index in [4.69, 9.17) is 5.73 Å². The molecule has 0 bridgehead atoms. The first-order valence-corrected chi connectivity index (χ1v) is 7.25. The van der Waals surface area contributed by atoms with Crippen LogP contribution in [0.1, 0.15) is 44.5 Å². The second-order valence-electron chi connectivity index (χ2n) is 6.62. The maximum Gasteiger partial charge on any atom is 0.0948 e. The van der Waals surface area contributed by atoms with Crippen LogP contribution in [0.4, 0.5) is 0 Å². The van der Waals surface area contributed by atoms with Crippen molar-refractivity contribution in [3.05, 3.63) is 54.1 Å². The van der Waals surface area contributed by atoms with Crippen molar-refractivity contribution in [2.24, 2.45) is 11.1 Å². The van der Waals surface area contributed by atoms with E-state index in [1.54, 1.807) is 0 Å². The van der Waals surface area contributed by atoms with E-state index >= 15 is 0 Å². The van der Waals surface area contributed by atoms with Gasteiger partial charge in [0.2, 0.25) is 0 Å². The smallest absolute Gasteiger partial charge is 0.0948 e. The molecule has 0 spiro atoms. The Bertz CT molecular complexity index is 523. The SMILES string of the molecule is CC(C)(C)Cc1cncn1CCC(N)c1ccccc1. The monoisotopic (exact) mass is 271 g/mol. The Morgan fingerprint density at radius 3 is 2.55 bits per heavy atom. The third kappa shape index (κ3) is 4.20. The minimum atomic E-state index is 0.0843. The first-order valence-electron chi connectivity index (χ1n) is 7.25.